The van der Waals surface area contributed by atoms with Gasteiger partial charge in [-0.25, -0.2) is 38.2 Å². The van der Waals surface area contributed by atoms with E-state index < -0.39 is 0 Å². The highest BCUT2D eigenvalue weighted by molar-refractivity contribution is 6.12. The summed E-state index contributed by atoms with van der Waals surface area (Å²) in [5, 5.41) is 9.05. The fourth-order valence-corrected chi connectivity index (χ4v) is 21.1. The average molecular weight is 1620 g/mol. The number of furan rings is 4. The van der Waals surface area contributed by atoms with Crippen LogP contribution < -0.4 is 18.3 Å². The normalized spacial score (nSPS) is 16.0. The zero-order chi connectivity index (χ0) is 84.6. The second-order valence-corrected chi connectivity index (χ2v) is 39.7. The van der Waals surface area contributed by atoms with Crippen LogP contribution in [0.4, 0.5) is 0 Å². The van der Waals surface area contributed by atoms with Gasteiger partial charge >= 0.3 is 0 Å². The number of aromatic nitrogens is 8. The molecule has 0 radical (unpaired) electrons. The molecule has 0 atom stereocenters. The Bertz CT molecular complexity index is 6620. The van der Waals surface area contributed by atoms with Gasteiger partial charge in [-0.05, 0) is 233 Å². The molecule has 626 valence electrons. The number of fused-ring (bicyclic) bond motifs is 12. The summed E-state index contributed by atoms with van der Waals surface area (Å²) in [6, 6.07) is 53.9. The molecule has 122 heavy (non-hydrogen) atoms. The molecule has 0 bridgehead atoms. The van der Waals surface area contributed by atoms with Gasteiger partial charge in [-0.3, -0.25) is 0 Å². The molecule has 4 aromatic carbocycles. The van der Waals surface area contributed by atoms with Gasteiger partial charge in [-0.2, -0.15) is 0 Å². The monoisotopic (exact) mass is 1620 g/mol. The van der Waals surface area contributed by atoms with Gasteiger partial charge in [-0.15, -0.1) is 0 Å². The van der Waals surface area contributed by atoms with Gasteiger partial charge in [0.1, 0.15) is 28.2 Å². The summed E-state index contributed by atoms with van der Waals surface area (Å²) in [5.41, 5.74) is 32.0. The molecular formula is C110H126N8O4+4. The lowest BCUT2D eigenvalue weighted by molar-refractivity contribution is -0.660. The minimum atomic E-state index is -0.00599. The molecule has 21 rings (SSSR count). The Morgan fingerprint density at radius 3 is 0.918 bits per heavy atom. The van der Waals surface area contributed by atoms with Crippen LogP contribution in [-0.2, 0) is 46.4 Å². The van der Waals surface area contributed by atoms with E-state index in [2.05, 4.69) is 300 Å². The largest absolute Gasteiger partial charge is 0.437 e. The van der Waals surface area contributed by atoms with E-state index in [1.165, 1.54) is 229 Å². The van der Waals surface area contributed by atoms with Crippen molar-refractivity contribution in [1.82, 2.24) is 19.9 Å². The first-order valence-electron chi connectivity index (χ1n) is 46.1. The molecule has 16 aromatic rings. The van der Waals surface area contributed by atoms with Gasteiger partial charge < -0.3 is 17.7 Å². The Morgan fingerprint density at radius 1 is 0.320 bits per heavy atom. The van der Waals surface area contributed by atoms with Gasteiger partial charge in [0.05, 0.1) is 22.3 Å². The Labute approximate surface area is 721 Å². The third kappa shape index (κ3) is 16.4. The Kier molecular flexibility index (Phi) is 22.8. The van der Waals surface area contributed by atoms with Crippen LogP contribution in [0.3, 0.4) is 0 Å². The van der Waals surface area contributed by atoms with Gasteiger partial charge in [0.15, 0.2) is 47.1 Å². The fraction of sp³-hybridized carbons (Fsp3) is 0.418. The van der Waals surface area contributed by atoms with Gasteiger partial charge in [0, 0.05) is 126 Å². The molecule has 0 saturated heterocycles. The molecule has 5 saturated carbocycles. The molecular weight excluding hydrogens is 1500 g/mol. The molecule has 12 heteroatoms. The molecule has 0 spiro atoms. The van der Waals surface area contributed by atoms with Crippen LogP contribution in [0.1, 0.15) is 281 Å². The predicted molar refractivity (Wildman–Crippen MR) is 498 cm³/mol. The third-order valence-electron chi connectivity index (χ3n) is 27.9. The van der Waals surface area contributed by atoms with E-state index in [9.17, 15) is 0 Å². The first-order valence-corrected chi connectivity index (χ1v) is 46.1. The topological polar surface area (TPSA) is 120 Å². The summed E-state index contributed by atoms with van der Waals surface area (Å²) in [4.78, 5) is 19.6. The third-order valence-corrected chi connectivity index (χ3v) is 27.9. The van der Waals surface area contributed by atoms with Crippen molar-refractivity contribution in [3.63, 3.8) is 0 Å². The number of benzene rings is 4. The van der Waals surface area contributed by atoms with E-state index in [1.807, 2.05) is 0 Å². The summed E-state index contributed by atoms with van der Waals surface area (Å²) in [7, 11) is 8.54. The van der Waals surface area contributed by atoms with Crippen LogP contribution in [0.2, 0.25) is 0 Å². The quantitative estimate of drug-likeness (QED) is 0.111. The molecule has 5 aliphatic rings. The summed E-state index contributed by atoms with van der Waals surface area (Å²) in [5.74, 6) is 3.95. The van der Waals surface area contributed by atoms with E-state index in [1.54, 1.807) is 0 Å². The van der Waals surface area contributed by atoms with E-state index in [0.29, 0.717) is 35.5 Å². The standard InChI is InChI=1S/C28H31N2O.C28H33N2O.2C27H31N2O/c1-18-11-12-22-23-13-14-24(20-9-5-6-10-20)29-28(23)31-27(22)26(18)25-17-21(15-16-30(25)2)19-7-3-4-8-19;1-18-10-12-22-23-13-11-21(17-28(2,3)4)29-27(23)31-26(22)25(18)24-16-20(14-15-30(24)5)19-8-6-7-9-19;1-17-10-11-20-21-12-13-23(27(2,3)4)28-26(21)30-25(20)24(17)22-16-19(14-15-29(22)5)18-8-6-7-9-18;1-17(2)15-21-10-12-23-22-11-9-18(3)25(26(22)30-27(23)28-21)24-16-20(13-14-29(24)4)19-7-5-6-8-19/h11-17,19-20H,3-10H2,1-2H3;10-16,19H,6-9,17H2,1-5H3;10-16,18H,6-9H2,1-5H3;9-14,16-17,19H,5-8,15H2,1-4H3/q4*+1. The lowest BCUT2D eigenvalue weighted by Gasteiger charge is -2.16. The van der Waals surface area contributed by atoms with E-state index in [0.717, 1.165) is 113 Å². The summed E-state index contributed by atoms with van der Waals surface area (Å²) < 4.78 is 34.8. The minimum Gasteiger partial charge on any atom is -0.437 e. The van der Waals surface area contributed by atoms with Crippen LogP contribution in [0, 0.1) is 39.0 Å². The Morgan fingerprint density at radius 2 is 0.598 bits per heavy atom. The van der Waals surface area contributed by atoms with Crippen LogP contribution >= 0.6 is 0 Å². The zero-order valence-electron chi connectivity index (χ0n) is 75.4. The molecule has 12 aromatic heterocycles. The first-order chi connectivity index (χ1) is 58.8. The maximum Gasteiger partial charge on any atom is 0.227 e. The summed E-state index contributed by atoms with van der Waals surface area (Å²) in [6.45, 7) is 26.5. The van der Waals surface area contributed by atoms with Crippen molar-refractivity contribution in [1.29, 1.82) is 0 Å². The number of nitrogens with zero attached hydrogens (tertiary/aromatic N) is 8. The lowest BCUT2D eigenvalue weighted by atomic mass is 9.90. The van der Waals surface area contributed by atoms with Gasteiger partial charge in [-0.1, -0.05) is 168 Å². The second-order valence-electron chi connectivity index (χ2n) is 39.7. The van der Waals surface area contributed by atoms with Crippen LogP contribution in [0.15, 0.2) is 188 Å². The SMILES string of the molecule is Cc1ccc2c(oc3nc(C(C)(C)C)ccc32)c1-c1cc(C2CCCC2)cc[n+]1C.Cc1ccc2c(oc3nc(C4CCCC4)ccc32)c1-c1cc(C2CCCC2)cc[n+]1C.Cc1ccc2c(oc3nc(CC(C)(C)C)ccc32)c1-c1cc(C2CCCC2)cc[n+]1C.Cc1ccc2c(oc3nc(CC(C)C)ccc32)c1-c1cc(C2CCCC2)cc[n+]1C. The molecule has 12 heterocycles. The van der Waals surface area contributed by atoms with Crippen molar-refractivity contribution in [3.8, 4) is 45.0 Å². The highest BCUT2D eigenvalue weighted by Crippen LogP contribution is 2.47. The molecule has 5 aliphatic carbocycles. The molecule has 0 aliphatic heterocycles. The van der Waals surface area contributed by atoms with Crippen LogP contribution in [0.25, 0.3) is 133 Å². The fourth-order valence-electron chi connectivity index (χ4n) is 21.1. The number of hydrogen-bond acceptors (Lipinski definition) is 8. The van der Waals surface area contributed by atoms with Crippen LogP contribution in [-0.4, -0.2) is 19.9 Å². The zero-order valence-corrected chi connectivity index (χ0v) is 75.4. The Balaban J connectivity index is 0.000000111. The average Bonchev–Trinajstić information content (AvgIpc) is 1.60. The number of rotatable bonds is 12. The Hall–Kier alpha value is -10.7. The van der Waals surface area contributed by atoms with Gasteiger partial charge in [0.2, 0.25) is 45.6 Å². The number of hydrogen-bond donors (Lipinski definition) is 0. The van der Waals surface area contributed by atoms with Crippen molar-refractivity contribution >= 4 is 88.3 Å². The number of aryl methyl sites for hydroxylation is 8. The number of pyridine rings is 8. The maximum absolute atomic E-state index is 6.51. The van der Waals surface area contributed by atoms with E-state index in [4.69, 9.17) is 37.6 Å². The minimum absolute atomic E-state index is 0.00599. The molecule has 0 unspecified atom stereocenters. The van der Waals surface area contributed by atoms with Crippen molar-refractivity contribution in [2.75, 3.05) is 0 Å². The summed E-state index contributed by atoms with van der Waals surface area (Å²) >= 11 is 0. The highest BCUT2D eigenvalue weighted by Gasteiger charge is 2.33. The second kappa shape index (κ2) is 33.8. The van der Waals surface area contributed by atoms with Crippen molar-refractivity contribution in [2.45, 2.75) is 259 Å². The maximum atomic E-state index is 6.51. The molecule has 12 nitrogen and oxygen atoms in total. The molecule has 0 N–H and O–H groups in total. The highest BCUT2D eigenvalue weighted by atomic mass is 16.4. The lowest BCUT2D eigenvalue weighted by Crippen LogP contribution is -2.31. The smallest absolute Gasteiger partial charge is 0.227 e. The van der Waals surface area contributed by atoms with Crippen molar-refractivity contribution in [3.05, 3.63) is 238 Å². The predicted octanol–water partition coefficient (Wildman–Crippen LogP) is 27.5. The first kappa shape index (κ1) is 82.2. The van der Waals surface area contributed by atoms with Gasteiger partial charge in [0.25, 0.3) is 0 Å². The van der Waals surface area contributed by atoms with Crippen molar-refractivity contribution in [2.24, 2.45) is 39.5 Å². The van der Waals surface area contributed by atoms with E-state index >= 15 is 0 Å². The van der Waals surface area contributed by atoms with Crippen LogP contribution in [0.5, 0.6) is 0 Å². The van der Waals surface area contributed by atoms with Crippen molar-refractivity contribution < 1.29 is 35.9 Å². The molecule has 5 fully saturated rings. The van der Waals surface area contributed by atoms with E-state index in [-0.39, 0.29) is 10.8 Å². The molecule has 0 amide bonds. The summed E-state index contributed by atoms with van der Waals surface area (Å²) in [6.07, 6.45) is 37.2.